The second-order valence-corrected chi connectivity index (χ2v) is 7.24. The second-order valence-electron chi connectivity index (χ2n) is 6.55. The van der Waals surface area contributed by atoms with Crippen molar-refractivity contribution in [3.05, 3.63) is 28.9 Å². The van der Waals surface area contributed by atoms with Gasteiger partial charge in [0.15, 0.2) is 10.8 Å². The molecule has 2 heterocycles. The molecule has 2 aromatic rings. The molecule has 24 heavy (non-hydrogen) atoms. The molecule has 2 aromatic heterocycles. The molecule has 0 radical (unpaired) electrons. The summed E-state index contributed by atoms with van der Waals surface area (Å²) in [6, 6.07) is -0.146. The molecule has 0 spiro atoms. The van der Waals surface area contributed by atoms with Crippen LogP contribution in [0.3, 0.4) is 0 Å². The molecule has 1 amide bonds. The van der Waals surface area contributed by atoms with Gasteiger partial charge in [-0.25, -0.2) is 14.8 Å². The van der Waals surface area contributed by atoms with Crippen LogP contribution >= 0.6 is 23.2 Å². The number of aromatic nitrogens is 4. The molecule has 7 nitrogen and oxygen atoms in total. The number of carbonyl (C=O) groups is 1. The molecule has 1 N–H and O–H groups in total. The molecule has 9 heteroatoms. The number of imidazole rings is 1. The number of alkyl carbamates (subject to hydrolysis) is 1. The number of amides is 1. The molecule has 1 aliphatic rings. The third-order valence-corrected chi connectivity index (χ3v) is 3.90. The summed E-state index contributed by atoms with van der Waals surface area (Å²) in [6.07, 6.45) is 5.76. The van der Waals surface area contributed by atoms with Gasteiger partial charge >= 0.3 is 6.09 Å². The van der Waals surface area contributed by atoms with Crippen molar-refractivity contribution in [2.75, 3.05) is 0 Å². The van der Waals surface area contributed by atoms with E-state index in [1.165, 1.54) is 0 Å². The number of halogens is 2. The fourth-order valence-corrected chi connectivity index (χ4v) is 2.97. The standard InChI is InChI=1S/C15H17Cl2N5O2/c1-15(2,3)24-14(23)19-8-4-5-9(6-8)22-7-18-10-11(16)20-13(17)21-12(10)22/h4-5,7-9H,6H2,1-3H3,(H,19,23)/t8-,9+/m1/s1. The number of nitrogens with one attached hydrogen (secondary N) is 1. The van der Waals surface area contributed by atoms with Gasteiger partial charge in [-0.1, -0.05) is 23.8 Å². The number of fused-ring (bicyclic) bond motifs is 1. The van der Waals surface area contributed by atoms with E-state index in [2.05, 4.69) is 20.3 Å². The zero-order chi connectivity index (χ0) is 17.5. The maximum absolute atomic E-state index is 11.9. The molecule has 0 saturated heterocycles. The van der Waals surface area contributed by atoms with Crippen LogP contribution in [0, 0.1) is 0 Å². The minimum Gasteiger partial charge on any atom is -0.444 e. The third kappa shape index (κ3) is 3.62. The number of hydrogen-bond donors (Lipinski definition) is 1. The Morgan fingerprint density at radius 1 is 1.33 bits per heavy atom. The van der Waals surface area contributed by atoms with Gasteiger partial charge < -0.3 is 14.6 Å². The van der Waals surface area contributed by atoms with Crippen LogP contribution in [0.25, 0.3) is 11.2 Å². The van der Waals surface area contributed by atoms with E-state index in [1.807, 2.05) is 37.5 Å². The first-order chi connectivity index (χ1) is 11.2. The number of carbonyl (C=O) groups excluding carboxylic acids is 1. The maximum Gasteiger partial charge on any atom is 0.408 e. The Morgan fingerprint density at radius 2 is 2.08 bits per heavy atom. The molecular formula is C15H17Cl2N5O2. The topological polar surface area (TPSA) is 81.9 Å². The molecule has 0 fully saturated rings. The van der Waals surface area contributed by atoms with Crippen molar-refractivity contribution < 1.29 is 9.53 Å². The molecule has 3 rings (SSSR count). The van der Waals surface area contributed by atoms with Crippen molar-refractivity contribution in [3.8, 4) is 0 Å². The first-order valence-corrected chi connectivity index (χ1v) is 8.22. The number of rotatable bonds is 2. The van der Waals surface area contributed by atoms with Crippen molar-refractivity contribution in [3.63, 3.8) is 0 Å². The van der Waals surface area contributed by atoms with Crippen LogP contribution in [0.15, 0.2) is 18.5 Å². The van der Waals surface area contributed by atoms with E-state index in [0.29, 0.717) is 17.6 Å². The van der Waals surface area contributed by atoms with Crippen molar-refractivity contribution in [2.45, 2.75) is 44.9 Å². The quantitative estimate of drug-likeness (QED) is 0.497. The van der Waals surface area contributed by atoms with Crippen LogP contribution in [-0.4, -0.2) is 37.3 Å². The number of nitrogens with zero attached hydrogens (tertiary/aromatic N) is 4. The lowest BCUT2D eigenvalue weighted by Crippen LogP contribution is -2.37. The number of hydrogen-bond acceptors (Lipinski definition) is 5. The van der Waals surface area contributed by atoms with Crippen LogP contribution in [0.4, 0.5) is 4.79 Å². The van der Waals surface area contributed by atoms with Gasteiger partial charge in [-0.3, -0.25) is 0 Å². The lowest BCUT2D eigenvalue weighted by Gasteiger charge is -2.21. The largest absolute Gasteiger partial charge is 0.444 e. The van der Waals surface area contributed by atoms with Gasteiger partial charge in [0, 0.05) is 0 Å². The van der Waals surface area contributed by atoms with Crippen LogP contribution in [-0.2, 0) is 4.74 Å². The third-order valence-electron chi connectivity index (χ3n) is 3.47. The Hall–Kier alpha value is -1.86. The van der Waals surface area contributed by atoms with Gasteiger partial charge in [-0.2, -0.15) is 4.98 Å². The average molecular weight is 370 g/mol. The smallest absolute Gasteiger partial charge is 0.408 e. The first-order valence-electron chi connectivity index (χ1n) is 7.46. The van der Waals surface area contributed by atoms with Crippen LogP contribution in [0.5, 0.6) is 0 Å². The van der Waals surface area contributed by atoms with Gasteiger partial charge in [0.1, 0.15) is 11.1 Å². The Labute approximate surface area is 149 Å². The SMILES string of the molecule is CC(C)(C)OC(=O)N[C@@H]1C=C[C@H](n2cnc3c(Cl)nc(Cl)nc32)C1. The average Bonchev–Trinajstić information content (AvgIpc) is 3.02. The highest BCUT2D eigenvalue weighted by Crippen LogP contribution is 2.29. The van der Waals surface area contributed by atoms with Gasteiger partial charge in [0.2, 0.25) is 5.28 Å². The summed E-state index contributed by atoms with van der Waals surface area (Å²) in [4.78, 5) is 24.2. The Bertz CT molecular complexity index is 812. The molecular weight excluding hydrogens is 353 g/mol. The summed E-state index contributed by atoms with van der Waals surface area (Å²) in [5, 5.41) is 3.12. The van der Waals surface area contributed by atoms with Crippen LogP contribution in [0.1, 0.15) is 33.2 Å². The summed E-state index contributed by atoms with van der Waals surface area (Å²) < 4.78 is 7.13. The summed E-state index contributed by atoms with van der Waals surface area (Å²) in [7, 11) is 0. The van der Waals surface area contributed by atoms with Gasteiger partial charge in [-0.05, 0) is 38.8 Å². The molecule has 0 aliphatic heterocycles. The molecule has 1 aliphatic carbocycles. The fraction of sp³-hybridized carbons (Fsp3) is 0.467. The van der Waals surface area contributed by atoms with Crippen molar-refractivity contribution >= 4 is 40.5 Å². The summed E-state index contributed by atoms with van der Waals surface area (Å²) in [5.74, 6) is 0. The second kappa shape index (κ2) is 6.22. The highest BCUT2D eigenvalue weighted by molar-refractivity contribution is 6.35. The van der Waals surface area contributed by atoms with E-state index in [-0.39, 0.29) is 22.5 Å². The van der Waals surface area contributed by atoms with E-state index in [4.69, 9.17) is 27.9 Å². The zero-order valence-corrected chi connectivity index (χ0v) is 15.0. The highest BCUT2D eigenvalue weighted by atomic mass is 35.5. The van der Waals surface area contributed by atoms with Gasteiger partial charge in [0.05, 0.1) is 18.4 Å². The molecule has 0 bridgehead atoms. The molecule has 0 saturated carbocycles. The lowest BCUT2D eigenvalue weighted by molar-refractivity contribution is 0.0513. The number of ether oxygens (including phenoxy) is 1. The molecule has 128 valence electrons. The van der Waals surface area contributed by atoms with Crippen molar-refractivity contribution in [1.82, 2.24) is 24.8 Å². The van der Waals surface area contributed by atoms with E-state index >= 15 is 0 Å². The van der Waals surface area contributed by atoms with Crippen LogP contribution in [0.2, 0.25) is 10.4 Å². The van der Waals surface area contributed by atoms with E-state index < -0.39 is 11.7 Å². The summed E-state index contributed by atoms with van der Waals surface area (Å²) in [5.41, 5.74) is 0.530. The lowest BCUT2D eigenvalue weighted by atomic mass is 10.2. The Morgan fingerprint density at radius 3 is 2.79 bits per heavy atom. The molecule has 0 aromatic carbocycles. The molecule has 2 atom stereocenters. The van der Waals surface area contributed by atoms with Gasteiger partial charge in [0.25, 0.3) is 0 Å². The van der Waals surface area contributed by atoms with E-state index in [0.717, 1.165) is 0 Å². The zero-order valence-electron chi connectivity index (χ0n) is 13.5. The van der Waals surface area contributed by atoms with Gasteiger partial charge in [-0.15, -0.1) is 0 Å². The van der Waals surface area contributed by atoms with Crippen molar-refractivity contribution in [2.24, 2.45) is 0 Å². The predicted octanol–water partition coefficient (Wildman–Crippen LogP) is 3.53. The predicted molar refractivity (Wildman–Crippen MR) is 91.3 cm³/mol. The fourth-order valence-electron chi connectivity index (χ4n) is 2.55. The first kappa shape index (κ1) is 17.0. The number of allylic oxidation sites excluding steroid dienone is 1. The minimum atomic E-state index is -0.531. The van der Waals surface area contributed by atoms with E-state index in [1.54, 1.807) is 6.33 Å². The monoisotopic (exact) mass is 369 g/mol. The maximum atomic E-state index is 11.9. The van der Waals surface area contributed by atoms with Crippen molar-refractivity contribution in [1.29, 1.82) is 0 Å². The van der Waals surface area contributed by atoms with Crippen LogP contribution < -0.4 is 5.32 Å². The Balaban J connectivity index is 1.73. The summed E-state index contributed by atoms with van der Waals surface area (Å²) >= 11 is 11.9. The van der Waals surface area contributed by atoms with E-state index in [9.17, 15) is 4.79 Å². The summed E-state index contributed by atoms with van der Waals surface area (Å²) in [6.45, 7) is 5.47. The Kier molecular flexibility index (Phi) is 4.40. The highest BCUT2D eigenvalue weighted by Gasteiger charge is 2.26. The normalized spacial score (nSPS) is 20.5. The minimum absolute atomic E-state index is 0.0167. The molecule has 0 unspecified atom stereocenters.